The van der Waals surface area contributed by atoms with Gasteiger partial charge in [0.2, 0.25) is 0 Å². The van der Waals surface area contributed by atoms with Gasteiger partial charge in [0.1, 0.15) is 0 Å². The van der Waals surface area contributed by atoms with Crippen LogP contribution in [0.2, 0.25) is 0 Å². The van der Waals surface area contributed by atoms with Crippen LogP contribution in [0.1, 0.15) is 24.2 Å². The van der Waals surface area contributed by atoms with E-state index in [0.29, 0.717) is 0 Å². The van der Waals surface area contributed by atoms with Gasteiger partial charge in [0, 0.05) is 24.3 Å². The summed E-state index contributed by atoms with van der Waals surface area (Å²) in [6.45, 7) is 4.07. The molecule has 1 unspecified atom stereocenters. The Labute approximate surface area is 95.9 Å². The van der Waals surface area contributed by atoms with Gasteiger partial charge in [0.25, 0.3) is 0 Å². The summed E-state index contributed by atoms with van der Waals surface area (Å²) < 4.78 is 1.88. The van der Waals surface area contributed by atoms with Crippen LogP contribution >= 0.6 is 0 Å². The lowest BCUT2D eigenvalue weighted by Gasteiger charge is -2.08. The lowest BCUT2D eigenvalue weighted by Crippen LogP contribution is -2.04. The monoisotopic (exact) mass is 215 g/mol. The van der Waals surface area contributed by atoms with E-state index in [-0.39, 0.29) is 6.04 Å². The fraction of sp³-hybridized carbons (Fsp3) is 0.308. The zero-order valence-electron chi connectivity index (χ0n) is 9.94. The van der Waals surface area contributed by atoms with Crippen LogP contribution in [-0.2, 0) is 7.05 Å². The Hall–Kier alpha value is -1.61. The van der Waals surface area contributed by atoms with E-state index in [1.54, 1.807) is 0 Å². The molecule has 1 aromatic carbocycles. The molecule has 3 nitrogen and oxygen atoms in total. The van der Waals surface area contributed by atoms with E-state index in [1.165, 1.54) is 16.8 Å². The molecule has 1 aromatic heterocycles. The van der Waals surface area contributed by atoms with Crippen molar-refractivity contribution in [1.29, 1.82) is 0 Å². The molecule has 0 aliphatic carbocycles. The Morgan fingerprint density at radius 2 is 2.12 bits per heavy atom. The second-order valence-corrected chi connectivity index (χ2v) is 4.18. The van der Waals surface area contributed by atoms with Gasteiger partial charge in [-0.3, -0.25) is 4.68 Å². The lowest BCUT2D eigenvalue weighted by atomic mass is 10.0. The van der Waals surface area contributed by atoms with Crippen LogP contribution in [-0.4, -0.2) is 9.78 Å². The fourth-order valence-electron chi connectivity index (χ4n) is 1.77. The van der Waals surface area contributed by atoms with Gasteiger partial charge in [-0.05, 0) is 31.0 Å². The number of aromatic nitrogens is 2. The van der Waals surface area contributed by atoms with Crippen molar-refractivity contribution in [2.75, 3.05) is 0 Å². The molecule has 2 rings (SSSR count). The number of nitrogens with zero attached hydrogens (tertiary/aromatic N) is 2. The third-order valence-electron chi connectivity index (χ3n) is 2.96. The van der Waals surface area contributed by atoms with Gasteiger partial charge in [-0.1, -0.05) is 18.2 Å². The lowest BCUT2D eigenvalue weighted by molar-refractivity contribution is 0.740. The van der Waals surface area contributed by atoms with Crippen LogP contribution < -0.4 is 5.73 Å². The third-order valence-corrected chi connectivity index (χ3v) is 2.96. The van der Waals surface area contributed by atoms with Crippen molar-refractivity contribution in [3.8, 4) is 11.1 Å². The molecule has 0 aliphatic rings. The molecule has 0 saturated heterocycles. The molecule has 0 radical (unpaired) electrons. The first-order chi connectivity index (χ1) is 7.59. The molecule has 0 fully saturated rings. The zero-order chi connectivity index (χ0) is 11.7. The van der Waals surface area contributed by atoms with E-state index in [2.05, 4.69) is 30.2 Å². The molecule has 0 bridgehead atoms. The molecule has 2 aromatic rings. The van der Waals surface area contributed by atoms with E-state index >= 15 is 0 Å². The first-order valence-electron chi connectivity index (χ1n) is 5.44. The van der Waals surface area contributed by atoms with Gasteiger partial charge in [-0.25, -0.2) is 0 Å². The minimum Gasteiger partial charge on any atom is -0.324 e. The van der Waals surface area contributed by atoms with E-state index in [1.807, 2.05) is 30.9 Å². The van der Waals surface area contributed by atoms with Crippen LogP contribution in [0.5, 0.6) is 0 Å². The summed E-state index contributed by atoms with van der Waals surface area (Å²) in [5, 5.41) is 4.25. The second-order valence-electron chi connectivity index (χ2n) is 4.18. The molecule has 16 heavy (non-hydrogen) atoms. The van der Waals surface area contributed by atoms with Gasteiger partial charge in [-0.2, -0.15) is 5.10 Å². The molecule has 0 spiro atoms. The Bertz CT molecular complexity index is 498. The highest BCUT2D eigenvalue weighted by Crippen LogP contribution is 2.24. The van der Waals surface area contributed by atoms with Crippen molar-refractivity contribution in [1.82, 2.24) is 9.78 Å². The van der Waals surface area contributed by atoms with Gasteiger partial charge >= 0.3 is 0 Å². The SMILES string of the molecule is Cc1c(-c2cccc(C(C)N)c2)cnn1C. The maximum atomic E-state index is 5.88. The van der Waals surface area contributed by atoms with Crippen molar-refractivity contribution in [2.24, 2.45) is 12.8 Å². The number of aryl methyl sites for hydroxylation is 1. The summed E-state index contributed by atoms with van der Waals surface area (Å²) in [6.07, 6.45) is 1.90. The topological polar surface area (TPSA) is 43.8 Å². The predicted octanol–water partition coefficient (Wildman–Crippen LogP) is 2.42. The van der Waals surface area contributed by atoms with Crippen LogP contribution in [0.15, 0.2) is 30.5 Å². The van der Waals surface area contributed by atoms with Gasteiger partial charge in [0.05, 0.1) is 6.20 Å². The first kappa shape index (κ1) is 10.9. The Kier molecular flexibility index (Phi) is 2.79. The molecule has 3 heteroatoms. The highest BCUT2D eigenvalue weighted by atomic mass is 15.3. The summed E-state index contributed by atoms with van der Waals surface area (Å²) in [7, 11) is 1.95. The maximum absolute atomic E-state index is 5.88. The van der Waals surface area contributed by atoms with Crippen molar-refractivity contribution >= 4 is 0 Å². The Morgan fingerprint density at radius 1 is 1.38 bits per heavy atom. The highest BCUT2D eigenvalue weighted by molar-refractivity contribution is 5.65. The number of hydrogen-bond donors (Lipinski definition) is 1. The number of nitrogens with two attached hydrogens (primary N) is 1. The minimum atomic E-state index is 0.0666. The summed E-state index contributed by atoms with van der Waals surface area (Å²) in [4.78, 5) is 0. The quantitative estimate of drug-likeness (QED) is 0.836. The molecule has 0 saturated carbocycles. The summed E-state index contributed by atoms with van der Waals surface area (Å²) in [5.74, 6) is 0. The standard InChI is InChI=1S/C13H17N3/c1-9(14)11-5-4-6-12(7-11)13-8-15-16(3)10(13)2/h4-9H,14H2,1-3H3. The summed E-state index contributed by atoms with van der Waals surface area (Å²) in [5.41, 5.74) is 10.6. The smallest absolute Gasteiger partial charge is 0.0571 e. The van der Waals surface area contributed by atoms with Crippen LogP contribution in [0.4, 0.5) is 0 Å². The molecule has 84 valence electrons. The van der Waals surface area contributed by atoms with Crippen molar-refractivity contribution < 1.29 is 0 Å². The van der Waals surface area contributed by atoms with Gasteiger partial charge < -0.3 is 5.73 Å². The predicted molar refractivity (Wildman–Crippen MR) is 66.0 cm³/mol. The number of hydrogen-bond acceptors (Lipinski definition) is 2. The maximum Gasteiger partial charge on any atom is 0.0571 e. The van der Waals surface area contributed by atoms with Crippen LogP contribution in [0, 0.1) is 6.92 Å². The van der Waals surface area contributed by atoms with Crippen molar-refractivity contribution in [2.45, 2.75) is 19.9 Å². The Balaban J connectivity index is 2.48. The average Bonchev–Trinajstić information content (AvgIpc) is 2.60. The van der Waals surface area contributed by atoms with E-state index in [4.69, 9.17) is 5.73 Å². The summed E-state index contributed by atoms with van der Waals surface area (Å²) >= 11 is 0. The largest absolute Gasteiger partial charge is 0.324 e. The average molecular weight is 215 g/mol. The Morgan fingerprint density at radius 3 is 2.69 bits per heavy atom. The summed E-state index contributed by atoms with van der Waals surface area (Å²) in [6, 6.07) is 8.39. The fourth-order valence-corrected chi connectivity index (χ4v) is 1.77. The third kappa shape index (κ3) is 1.86. The molecule has 0 amide bonds. The number of rotatable bonds is 2. The number of benzene rings is 1. The normalized spacial score (nSPS) is 12.8. The highest BCUT2D eigenvalue weighted by Gasteiger charge is 2.07. The molecule has 2 N–H and O–H groups in total. The zero-order valence-corrected chi connectivity index (χ0v) is 9.94. The van der Waals surface area contributed by atoms with Gasteiger partial charge in [0.15, 0.2) is 0 Å². The van der Waals surface area contributed by atoms with Crippen molar-refractivity contribution in [3.05, 3.63) is 41.7 Å². The molecular formula is C13H17N3. The molecule has 1 heterocycles. The van der Waals surface area contributed by atoms with E-state index in [0.717, 1.165) is 5.56 Å². The first-order valence-corrected chi connectivity index (χ1v) is 5.44. The second kappa shape index (κ2) is 4.10. The molecular weight excluding hydrogens is 198 g/mol. The van der Waals surface area contributed by atoms with Crippen LogP contribution in [0.3, 0.4) is 0 Å². The minimum absolute atomic E-state index is 0.0666. The van der Waals surface area contributed by atoms with Crippen LogP contribution in [0.25, 0.3) is 11.1 Å². The van der Waals surface area contributed by atoms with Crippen molar-refractivity contribution in [3.63, 3.8) is 0 Å². The molecule has 0 aliphatic heterocycles. The van der Waals surface area contributed by atoms with E-state index in [9.17, 15) is 0 Å². The molecule has 1 atom stereocenters. The van der Waals surface area contributed by atoms with Gasteiger partial charge in [-0.15, -0.1) is 0 Å². The van der Waals surface area contributed by atoms with E-state index < -0.39 is 0 Å².